The van der Waals surface area contributed by atoms with Gasteiger partial charge in [-0.15, -0.1) is 0 Å². The average molecular weight is 415 g/mol. The molecule has 3 aromatic rings. The van der Waals surface area contributed by atoms with Crippen LogP contribution in [-0.4, -0.2) is 16.6 Å². The van der Waals surface area contributed by atoms with Crippen molar-refractivity contribution in [2.24, 2.45) is 0 Å². The van der Waals surface area contributed by atoms with Crippen LogP contribution in [0.3, 0.4) is 0 Å². The Morgan fingerprint density at radius 1 is 0.857 bits per heavy atom. The standard InChI is InChI=1S/C20H12Cl2N2O4/c21-13-7-9-17(16(10-13)19(25)12-4-2-1-3-5-12)23-20(26)15-8-6-14(22)11-18(15)24(27)28/h1-11H,(H,23,26). The minimum Gasteiger partial charge on any atom is -0.321 e. The third-order valence-corrected chi connectivity index (χ3v) is 4.38. The van der Waals surface area contributed by atoms with Gasteiger partial charge in [-0.25, -0.2) is 0 Å². The van der Waals surface area contributed by atoms with Crippen molar-refractivity contribution in [2.45, 2.75) is 0 Å². The zero-order valence-corrected chi connectivity index (χ0v) is 15.7. The van der Waals surface area contributed by atoms with Gasteiger partial charge in [-0.3, -0.25) is 19.7 Å². The number of benzene rings is 3. The van der Waals surface area contributed by atoms with Crippen LogP contribution in [-0.2, 0) is 0 Å². The Kier molecular flexibility index (Phi) is 5.73. The number of carbonyl (C=O) groups is 2. The van der Waals surface area contributed by atoms with Crippen molar-refractivity contribution < 1.29 is 14.5 Å². The van der Waals surface area contributed by atoms with E-state index in [1.54, 1.807) is 30.3 Å². The van der Waals surface area contributed by atoms with E-state index in [4.69, 9.17) is 23.2 Å². The van der Waals surface area contributed by atoms with Gasteiger partial charge in [-0.2, -0.15) is 0 Å². The fourth-order valence-corrected chi connectivity index (χ4v) is 2.93. The smallest absolute Gasteiger partial charge is 0.283 e. The van der Waals surface area contributed by atoms with E-state index in [-0.39, 0.29) is 27.6 Å². The molecule has 0 saturated heterocycles. The lowest BCUT2D eigenvalue weighted by Crippen LogP contribution is -2.16. The lowest BCUT2D eigenvalue weighted by Gasteiger charge is -2.11. The summed E-state index contributed by atoms with van der Waals surface area (Å²) in [6.07, 6.45) is 0. The summed E-state index contributed by atoms with van der Waals surface area (Å²) in [4.78, 5) is 36.0. The second kappa shape index (κ2) is 8.21. The number of nitrogens with one attached hydrogen (secondary N) is 1. The highest BCUT2D eigenvalue weighted by atomic mass is 35.5. The maximum absolute atomic E-state index is 12.8. The molecule has 0 aliphatic heterocycles. The molecular weight excluding hydrogens is 403 g/mol. The molecule has 0 spiro atoms. The van der Waals surface area contributed by atoms with Crippen molar-refractivity contribution in [3.8, 4) is 0 Å². The number of anilines is 1. The monoisotopic (exact) mass is 414 g/mol. The van der Waals surface area contributed by atoms with Gasteiger partial charge in [-0.05, 0) is 30.3 Å². The van der Waals surface area contributed by atoms with E-state index >= 15 is 0 Å². The van der Waals surface area contributed by atoms with Gasteiger partial charge in [0.2, 0.25) is 0 Å². The Labute approximate surface area is 169 Å². The normalized spacial score (nSPS) is 10.4. The molecule has 140 valence electrons. The maximum Gasteiger partial charge on any atom is 0.283 e. The molecule has 0 saturated carbocycles. The van der Waals surface area contributed by atoms with Crippen LogP contribution in [0.25, 0.3) is 0 Å². The Balaban J connectivity index is 1.99. The molecule has 8 heteroatoms. The van der Waals surface area contributed by atoms with E-state index in [2.05, 4.69) is 5.32 Å². The van der Waals surface area contributed by atoms with Gasteiger partial charge >= 0.3 is 0 Å². The molecule has 0 radical (unpaired) electrons. The van der Waals surface area contributed by atoms with Crippen LogP contribution in [0.2, 0.25) is 10.0 Å². The lowest BCUT2D eigenvalue weighted by molar-refractivity contribution is -0.385. The fraction of sp³-hybridized carbons (Fsp3) is 0. The number of hydrogen-bond donors (Lipinski definition) is 1. The van der Waals surface area contributed by atoms with Crippen molar-refractivity contribution >= 4 is 46.3 Å². The summed E-state index contributed by atoms with van der Waals surface area (Å²) >= 11 is 11.8. The molecule has 0 aromatic heterocycles. The Morgan fingerprint density at radius 2 is 1.50 bits per heavy atom. The molecule has 6 nitrogen and oxygen atoms in total. The van der Waals surface area contributed by atoms with Gasteiger partial charge in [0.25, 0.3) is 11.6 Å². The summed E-state index contributed by atoms with van der Waals surface area (Å²) in [5.41, 5.74) is 0.159. The molecular formula is C20H12Cl2N2O4. The number of ketones is 1. The van der Waals surface area contributed by atoms with Gasteiger partial charge < -0.3 is 5.32 Å². The summed E-state index contributed by atoms with van der Waals surface area (Å²) in [7, 11) is 0. The number of nitro benzene ring substituents is 1. The number of amides is 1. The van der Waals surface area contributed by atoms with Gasteiger partial charge in [0.1, 0.15) is 5.56 Å². The molecule has 28 heavy (non-hydrogen) atoms. The summed E-state index contributed by atoms with van der Waals surface area (Å²) in [6.45, 7) is 0. The Morgan fingerprint density at radius 3 is 2.18 bits per heavy atom. The van der Waals surface area contributed by atoms with E-state index in [1.807, 2.05) is 0 Å². The summed E-state index contributed by atoms with van der Waals surface area (Å²) < 4.78 is 0. The molecule has 0 aliphatic carbocycles. The number of nitrogens with zero attached hydrogens (tertiary/aromatic N) is 1. The van der Waals surface area contributed by atoms with Crippen LogP contribution < -0.4 is 5.32 Å². The number of carbonyl (C=O) groups excluding carboxylic acids is 2. The topological polar surface area (TPSA) is 89.3 Å². The van der Waals surface area contributed by atoms with Crippen molar-refractivity contribution in [3.63, 3.8) is 0 Å². The van der Waals surface area contributed by atoms with E-state index in [0.717, 1.165) is 6.07 Å². The zero-order valence-electron chi connectivity index (χ0n) is 14.2. The van der Waals surface area contributed by atoms with Gasteiger partial charge in [0.05, 0.1) is 10.6 Å². The first kappa shape index (κ1) is 19.5. The summed E-state index contributed by atoms with van der Waals surface area (Å²) in [5, 5.41) is 14.2. The van der Waals surface area contributed by atoms with E-state index in [0.29, 0.717) is 10.6 Å². The molecule has 0 fully saturated rings. The first-order valence-corrected chi connectivity index (χ1v) is 8.77. The van der Waals surface area contributed by atoms with E-state index in [9.17, 15) is 19.7 Å². The quantitative estimate of drug-likeness (QED) is 0.344. The molecule has 0 bridgehead atoms. The van der Waals surface area contributed by atoms with Crippen molar-refractivity contribution in [2.75, 3.05) is 5.32 Å². The second-order valence-corrected chi connectivity index (χ2v) is 6.63. The predicted octanol–water partition coefficient (Wildman–Crippen LogP) is 5.38. The van der Waals surface area contributed by atoms with Crippen molar-refractivity contribution in [3.05, 3.63) is 104 Å². The van der Waals surface area contributed by atoms with Crippen LogP contribution in [0, 0.1) is 10.1 Å². The predicted molar refractivity (Wildman–Crippen MR) is 107 cm³/mol. The Hall–Kier alpha value is -3.22. The first-order valence-electron chi connectivity index (χ1n) is 8.01. The minimum atomic E-state index is -0.743. The van der Waals surface area contributed by atoms with Crippen LogP contribution in [0.5, 0.6) is 0 Å². The first-order chi connectivity index (χ1) is 13.4. The number of halogens is 2. The maximum atomic E-state index is 12.8. The van der Waals surface area contributed by atoms with Crippen LogP contribution in [0.4, 0.5) is 11.4 Å². The van der Waals surface area contributed by atoms with Gasteiger partial charge in [0, 0.05) is 27.2 Å². The van der Waals surface area contributed by atoms with E-state index in [1.165, 1.54) is 30.3 Å². The highest BCUT2D eigenvalue weighted by molar-refractivity contribution is 6.32. The SMILES string of the molecule is O=C(c1ccccc1)c1cc(Cl)ccc1NC(=O)c1ccc(Cl)cc1[N+](=O)[O-]. The molecule has 1 amide bonds. The summed E-state index contributed by atoms with van der Waals surface area (Å²) in [6, 6.07) is 16.6. The molecule has 0 aliphatic rings. The second-order valence-electron chi connectivity index (χ2n) is 5.76. The molecule has 3 aromatic carbocycles. The Bertz CT molecular complexity index is 1080. The molecule has 1 N–H and O–H groups in total. The average Bonchev–Trinajstić information content (AvgIpc) is 2.69. The molecule has 0 unspecified atom stereocenters. The fourth-order valence-electron chi connectivity index (χ4n) is 2.60. The molecule has 3 rings (SSSR count). The van der Waals surface area contributed by atoms with E-state index < -0.39 is 16.5 Å². The van der Waals surface area contributed by atoms with Crippen molar-refractivity contribution in [1.29, 1.82) is 0 Å². The summed E-state index contributed by atoms with van der Waals surface area (Å²) in [5.74, 6) is -1.09. The van der Waals surface area contributed by atoms with Gasteiger partial charge in [0.15, 0.2) is 5.78 Å². The number of rotatable bonds is 5. The lowest BCUT2D eigenvalue weighted by atomic mass is 10.0. The van der Waals surface area contributed by atoms with Crippen molar-refractivity contribution in [1.82, 2.24) is 0 Å². The highest BCUT2D eigenvalue weighted by Gasteiger charge is 2.23. The van der Waals surface area contributed by atoms with Gasteiger partial charge in [-0.1, -0.05) is 53.5 Å². The molecule has 0 heterocycles. The number of nitro groups is 1. The van der Waals surface area contributed by atoms with Crippen LogP contribution >= 0.6 is 23.2 Å². The number of hydrogen-bond acceptors (Lipinski definition) is 4. The minimum absolute atomic E-state index is 0.134. The third-order valence-electron chi connectivity index (χ3n) is 3.91. The molecule has 0 atom stereocenters. The largest absolute Gasteiger partial charge is 0.321 e. The third kappa shape index (κ3) is 4.19. The van der Waals surface area contributed by atoms with Crippen LogP contribution in [0.1, 0.15) is 26.3 Å². The highest BCUT2D eigenvalue weighted by Crippen LogP contribution is 2.27. The van der Waals surface area contributed by atoms with Crippen LogP contribution in [0.15, 0.2) is 66.7 Å². The zero-order chi connectivity index (χ0) is 20.3.